The first kappa shape index (κ1) is 41.4. The summed E-state index contributed by atoms with van der Waals surface area (Å²) in [6.45, 7) is 6.86. The van der Waals surface area contributed by atoms with Crippen LogP contribution in [-0.4, -0.2) is 92.6 Å². The Hall–Kier alpha value is -6.65. The fourth-order valence-electron chi connectivity index (χ4n) is 9.48. The van der Waals surface area contributed by atoms with Gasteiger partial charge in [0.25, 0.3) is 11.8 Å². The number of carbonyl (C=O) groups is 3. The monoisotopic (exact) mass is 871 g/mol. The zero-order chi connectivity index (χ0) is 44.5. The largest absolute Gasteiger partial charge is 0.453 e. The molecular formula is C48H47F2N7O7. The normalized spacial score (nSPS) is 20.1. The molecule has 3 N–H and O–H groups in total. The second-order valence-corrected chi connectivity index (χ2v) is 17.7. The number of carbonyl (C=O) groups excluding carboxylic acids is 3. The van der Waals surface area contributed by atoms with Crippen molar-refractivity contribution in [2.75, 3.05) is 33.4 Å². The number of likely N-dealkylation sites (tertiary alicyclic amines) is 2. The molecule has 1 spiro atoms. The summed E-state index contributed by atoms with van der Waals surface area (Å²) in [5.41, 5.74) is 4.33. The van der Waals surface area contributed by atoms with E-state index < -0.39 is 47.5 Å². The highest BCUT2D eigenvalue weighted by molar-refractivity contribution is 5.89. The first-order chi connectivity index (χ1) is 30.7. The third kappa shape index (κ3) is 7.33. The zero-order valence-corrected chi connectivity index (χ0v) is 35.7. The van der Waals surface area contributed by atoms with Gasteiger partial charge in [0.15, 0.2) is 5.79 Å². The third-order valence-corrected chi connectivity index (χ3v) is 12.5. The van der Waals surface area contributed by atoms with Gasteiger partial charge < -0.3 is 39.1 Å². The van der Waals surface area contributed by atoms with E-state index >= 15 is 8.78 Å². The van der Waals surface area contributed by atoms with Gasteiger partial charge in [-0.3, -0.25) is 9.69 Å². The number of amides is 3. The highest BCUT2D eigenvalue weighted by Crippen LogP contribution is 2.53. The van der Waals surface area contributed by atoms with Crippen LogP contribution < -0.4 is 5.32 Å². The average Bonchev–Trinajstić information content (AvgIpc) is 4.16. The number of rotatable bonds is 7. The summed E-state index contributed by atoms with van der Waals surface area (Å²) in [5, 5.41) is 2.69. The lowest BCUT2D eigenvalue weighted by atomic mass is 9.98. The van der Waals surface area contributed by atoms with Gasteiger partial charge in [0.1, 0.15) is 23.3 Å². The number of benzene rings is 4. The predicted molar refractivity (Wildman–Crippen MR) is 231 cm³/mol. The van der Waals surface area contributed by atoms with Crippen molar-refractivity contribution in [3.05, 3.63) is 119 Å². The lowest BCUT2D eigenvalue weighted by Gasteiger charge is -2.28. The molecular weight excluding hydrogens is 825 g/mol. The van der Waals surface area contributed by atoms with Gasteiger partial charge in [-0.05, 0) is 85.7 Å². The predicted octanol–water partition coefficient (Wildman–Crippen LogP) is 8.93. The maximum Gasteiger partial charge on any atom is 0.410 e. The van der Waals surface area contributed by atoms with Crippen LogP contribution in [0.4, 0.5) is 18.4 Å². The topological polar surface area (TPSA) is 164 Å². The molecule has 4 aromatic carbocycles. The SMILES string of the molecule is COC(=O)NC(C(=O)N1CC2(CC1c1nc3ccc(-c4ccc5c(c4)C(F)(F)c4cc(-c6cnc(C7CCCN7C(=O)OC(C)(C)C)[nH]6)ccc4-5)cc3[nH]1)OCCO2)c1ccccc1. The number of halogens is 2. The number of alkyl halides is 2. The summed E-state index contributed by atoms with van der Waals surface area (Å²) in [5.74, 6) is -3.66. The Balaban J connectivity index is 0.913. The smallest absolute Gasteiger partial charge is 0.410 e. The van der Waals surface area contributed by atoms with Crippen LogP contribution in [0, 0.1) is 0 Å². The zero-order valence-electron chi connectivity index (χ0n) is 35.7. The molecule has 3 fully saturated rings. The molecule has 4 aliphatic rings. The van der Waals surface area contributed by atoms with Gasteiger partial charge in [-0.2, -0.15) is 8.78 Å². The number of ether oxygens (including phenoxy) is 4. The van der Waals surface area contributed by atoms with Crippen LogP contribution in [0.25, 0.3) is 44.5 Å². The molecule has 330 valence electrons. The number of hydrogen-bond acceptors (Lipinski definition) is 9. The van der Waals surface area contributed by atoms with Crippen LogP contribution in [0.5, 0.6) is 0 Å². The summed E-state index contributed by atoms with van der Waals surface area (Å²) >= 11 is 0. The molecule has 14 nitrogen and oxygen atoms in total. The fraction of sp³-hybridized carbons (Fsp3) is 0.354. The molecule has 16 heteroatoms. The molecule has 3 unspecified atom stereocenters. The van der Waals surface area contributed by atoms with Crippen molar-refractivity contribution in [2.45, 2.75) is 75.5 Å². The number of nitrogens with one attached hydrogen (secondary N) is 3. The van der Waals surface area contributed by atoms with Crippen molar-refractivity contribution < 1.29 is 42.1 Å². The number of aromatic nitrogens is 4. The van der Waals surface area contributed by atoms with Crippen molar-refractivity contribution in [3.63, 3.8) is 0 Å². The van der Waals surface area contributed by atoms with Crippen LogP contribution >= 0.6 is 0 Å². The van der Waals surface area contributed by atoms with Gasteiger partial charge in [0.2, 0.25) is 0 Å². The van der Waals surface area contributed by atoms with E-state index in [1.807, 2.05) is 57.2 Å². The van der Waals surface area contributed by atoms with E-state index in [0.29, 0.717) is 94.4 Å². The minimum Gasteiger partial charge on any atom is -0.453 e. The van der Waals surface area contributed by atoms with Gasteiger partial charge in [-0.15, -0.1) is 0 Å². The van der Waals surface area contributed by atoms with Crippen LogP contribution in [0.15, 0.2) is 91.1 Å². The molecule has 0 radical (unpaired) electrons. The molecule has 2 aromatic heterocycles. The minimum atomic E-state index is -3.29. The summed E-state index contributed by atoms with van der Waals surface area (Å²) in [4.78, 5) is 59.3. The van der Waals surface area contributed by atoms with Gasteiger partial charge >= 0.3 is 12.2 Å². The molecule has 5 heterocycles. The van der Waals surface area contributed by atoms with Crippen molar-refractivity contribution in [1.82, 2.24) is 35.1 Å². The van der Waals surface area contributed by atoms with Gasteiger partial charge in [-0.1, -0.05) is 60.7 Å². The summed E-state index contributed by atoms with van der Waals surface area (Å²) in [7, 11) is 1.24. The van der Waals surface area contributed by atoms with Crippen LogP contribution in [0.1, 0.15) is 86.5 Å². The highest BCUT2D eigenvalue weighted by atomic mass is 19.3. The Bertz CT molecular complexity index is 2800. The summed E-state index contributed by atoms with van der Waals surface area (Å²) in [6.07, 6.45) is 2.26. The Kier molecular flexibility index (Phi) is 10.1. The van der Waals surface area contributed by atoms with E-state index in [1.165, 1.54) is 13.2 Å². The van der Waals surface area contributed by atoms with E-state index in [4.69, 9.17) is 23.9 Å². The first-order valence-electron chi connectivity index (χ1n) is 21.4. The number of methoxy groups -OCH3 is 1. The number of nitrogens with zero attached hydrogens (tertiary/aromatic N) is 4. The number of imidazole rings is 2. The molecule has 64 heavy (non-hydrogen) atoms. The Labute approximate surface area is 367 Å². The third-order valence-electron chi connectivity index (χ3n) is 12.5. The minimum absolute atomic E-state index is 0.0951. The number of hydrogen-bond donors (Lipinski definition) is 3. The molecule has 10 rings (SSSR count). The van der Waals surface area contributed by atoms with Gasteiger partial charge in [0, 0.05) is 29.7 Å². The highest BCUT2D eigenvalue weighted by Gasteiger charge is 2.53. The van der Waals surface area contributed by atoms with Gasteiger partial charge in [-0.25, -0.2) is 19.6 Å². The van der Waals surface area contributed by atoms with E-state index in [1.54, 1.807) is 58.5 Å². The second kappa shape index (κ2) is 15.6. The van der Waals surface area contributed by atoms with E-state index in [9.17, 15) is 14.4 Å². The molecule has 6 aromatic rings. The number of H-pyrrole nitrogens is 2. The lowest BCUT2D eigenvalue weighted by molar-refractivity contribution is -0.153. The van der Waals surface area contributed by atoms with Crippen LogP contribution in [0.3, 0.4) is 0 Å². The van der Waals surface area contributed by atoms with E-state index in [2.05, 4.69) is 20.3 Å². The van der Waals surface area contributed by atoms with Crippen molar-refractivity contribution in [2.24, 2.45) is 0 Å². The number of alkyl carbamates (subject to hydrolysis) is 1. The lowest BCUT2D eigenvalue weighted by Crippen LogP contribution is -2.44. The number of fused-ring (bicyclic) bond motifs is 4. The Morgan fingerprint density at radius 1 is 0.859 bits per heavy atom. The fourth-order valence-corrected chi connectivity index (χ4v) is 9.48. The molecule has 3 amide bonds. The van der Waals surface area contributed by atoms with Crippen molar-refractivity contribution in [3.8, 4) is 33.5 Å². The second-order valence-electron chi connectivity index (χ2n) is 17.7. The molecule has 0 saturated carbocycles. The molecule has 3 saturated heterocycles. The van der Waals surface area contributed by atoms with Crippen molar-refractivity contribution >= 4 is 29.1 Å². The van der Waals surface area contributed by atoms with Gasteiger partial charge in [0.05, 0.1) is 61.9 Å². The molecule has 1 aliphatic carbocycles. The average molecular weight is 872 g/mol. The van der Waals surface area contributed by atoms with Crippen LogP contribution in [0.2, 0.25) is 0 Å². The first-order valence-corrected chi connectivity index (χ1v) is 21.4. The van der Waals surface area contributed by atoms with Crippen molar-refractivity contribution in [1.29, 1.82) is 0 Å². The maximum absolute atomic E-state index is 16.6. The summed E-state index contributed by atoms with van der Waals surface area (Å²) < 4.78 is 55.8. The molecule has 3 atom stereocenters. The Morgan fingerprint density at radius 3 is 2.27 bits per heavy atom. The summed E-state index contributed by atoms with van der Waals surface area (Å²) in [6, 6.07) is 22.6. The molecule has 3 aliphatic heterocycles. The molecule has 0 bridgehead atoms. The maximum atomic E-state index is 16.6. The van der Waals surface area contributed by atoms with E-state index in [-0.39, 0.29) is 23.7 Å². The van der Waals surface area contributed by atoms with E-state index in [0.717, 1.165) is 6.42 Å². The van der Waals surface area contributed by atoms with Crippen LogP contribution in [-0.2, 0) is 29.7 Å². The Morgan fingerprint density at radius 2 is 1.55 bits per heavy atom. The number of aromatic amines is 2. The standard InChI is InChI=1S/C48H47F2N7O7/c1-46(2,3)64-45(60)56-18-8-11-38(56)41-51-25-37(54-41)30-13-16-32-31-15-12-28(21-33(31)48(49,50)34(32)22-30)29-14-17-35-36(23-29)53-42(52-35)39-24-47(62-19-20-63-47)26-57(39)43(58)40(55-44(59)61-4)27-9-6-5-7-10-27/h5-7,9-10,12-17,21-23,25,38-40H,8,11,18-20,24,26H2,1-4H3,(H,51,54)(H,52,53)(H,55,59). The quantitative estimate of drug-likeness (QED) is 0.142.